The molecule has 1 N–H and O–H groups in total. The van der Waals surface area contributed by atoms with Gasteiger partial charge in [0.15, 0.2) is 0 Å². The van der Waals surface area contributed by atoms with Crippen LogP contribution in [0.5, 0.6) is 11.5 Å². The highest BCUT2D eigenvalue weighted by atomic mass is 19.4. The first kappa shape index (κ1) is 17.1. The number of ether oxygens (including phenoxy) is 2. The number of halogens is 3. The Morgan fingerprint density at radius 3 is 2.00 bits per heavy atom. The minimum absolute atomic E-state index is 0.250. The first-order valence-electron chi connectivity index (χ1n) is 6.78. The van der Waals surface area contributed by atoms with Crippen molar-refractivity contribution in [2.24, 2.45) is 0 Å². The molecule has 0 saturated carbocycles. The van der Waals surface area contributed by atoms with E-state index in [4.69, 9.17) is 9.57 Å². The molecule has 0 amide bonds. The van der Waals surface area contributed by atoms with Crippen LogP contribution in [0.25, 0.3) is 0 Å². The van der Waals surface area contributed by atoms with Gasteiger partial charge in [-0.05, 0) is 35.4 Å². The largest absolute Gasteiger partial charge is 0.573 e. The van der Waals surface area contributed by atoms with E-state index in [9.17, 15) is 13.2 Å². The predicted molar refractivity (Wildman–Crippen MR) is 77.7 cm³/mol. The van der Waals surface area contributed by atoms with Crippen LogP contribution in [0, 0.1) is 0 Å². The molecule has 0 atom stereocenters. The molecule has 0 heterocycles. The Bertz CT molecular complexity index is 597. The van der Waals surface area contributed by atoms with Crippen molar-refractivity contribution in [3.63, 3.8) is 0 Å². The molecule has 23 heavy (non-hydrogen) atoms. The average Bonchev–Trinajstić information content (AvgIpc) is 2.52. The van der Waals surface area contributed by atoms with Crippen molar-refractivity contribution in [2.45, 2.75) is 19.5 Å². The van der Waals surface area contributed by atoms with Crippen LogP contribution in [0.2, 0.25) is 0 Å². The molecule has 4 nitrogen and oxygen atoms in total. The summed E-state index contributed by atoms with van der Waals surface area (Å²) in [6.45, 7) is 0.724. The number of hydroxylamine groups is 1. The molecule has 0 saturated heterocycles. The highest BCUT2D eigenvalue weighted by molar-refractivity contribution is 5.27. The van der Waals surface area contributed by atoms with Gasteiger partial charge in [0, 0.05) is 6.54 Å². The van der Waals surface area contributed by atoms with E-state index in [2.05, 4.69) is 10.2 Å². The highest BCUT2D eigenvalue weighted by Gasteiger charge is 2.30. The number of alkyl halides is 3. The van der Waals surface area contributed by atoms with Crippen molar-refractivity contribution in [1.82, 2.24) is 5.48 Å². The Hall–Kier alpha value is -2.25. The standard InChI is InChI=1S/C16H16F3NO3/c1-21-14-6-4-13(5-7-14)11-22-20-10-12-2-8-15(9-3-12)23-16(17,18)19/h2-9,20H,10-11H2,1H3. The van der Waals surface area contributed by atoms with Gasteiger partial charge in [-0.15, -0.1) is 13.2 Å². The fourth-order valence-electron chi connectivity index (χ4n) is 1.80. The monoisotopic (exact) mass is 327 g/mol. The number of methoxy groups -OCH3 is 1. The number of hydrogen-bond acceptors (Lipinski definition) is 4. The molecule has 124 valence electrons. The third kappa shape index (κ3) is 6.17. The SMILES string of the molecule is COc1ccc(CONCc2ccc(OC(F)(F)F)cc2)cc1. The predicted octanol–water partition coefficient (Wildman–Crippen LogP) is 3.82. The molecule has 0 radical (unpaired) electrons. The molecular weight excluding hydrogens is 311 g/mol. The van der Waals surface area contributed by atoms with Crippen molar-refractivity contribution >= 4 is 0 Å². The number of benzene rings is 2. The van der Waals surface area contributed by atoms with Crippen molar-refractivity contribution in [2.75, 3.05) is 7.11 Å². The summed E-state index contributed by atoms with van der Waals surface area (Å²) >= 11 is 0. The van der Waals surface area contributed by atoms with Gasteiger partial charge in [0.05, 0.1) is 13.7 Å². The minimum atomic E-state index is -4.68. The van der Waals surface area contributed by atoms with Gasteiger partial charge in [-0.1, -0.05) is 24.3 Å². The van der Waals surface area contributed by atoms with E-state index in [1.165, 1.54) is 24.3 Å². The summed E-state index contributed by atoms with van der Waals surface area (Å²) in [6, 6.07) is 13.0. The van der Waals surface area contributed by atoms with E-state index in [1.54, 1.807) is 7.11 Å². The lowest BCUT2D eigenvalue weighted by Gasteiger charge is -2.10. The normalized spacial score (nSPS) is 11.3. The van der Waals surface area contributed by atoms with E-state index in [0.717, 1.165) is 16.9 Å². The lowest BCUT2D eigenvalue weighted by molar-refractivity contribution is -0.274. The van der Waals surface area contributed by atoms with Gasteiger partial charge in [0.25, 0.3) is 0 Å². The molecule has 2 rings (SSSR count). The molecule has 0 aliphatic heterocycles. The Morgan fingerprint density at radius 2 is 1.43 bits per heavy atom. The van der Waals surface area contributed by atoms with E-state index in [1.807, 2.05) is 24.3 Å². The smallest absolute Gasteiger partial charge is 0.497 e. The van der Waals surface area contributed by atoms with Crippen molar-refractivity contribution in [1.29, 1.82) is 0 Å². The maximum absolute atomic E-state index is 12.0. The Labute approximate surface area is 131 Å². The van der Waals surface area contributed by atoms with E-state index >= 15 is 0 Å². The zero-order valence-corrected chi connectivity index (χ0v) is 12.4. The fraction of sp³-hybridized carbons (Fsp3) is 0.250. The molecule has 0 aliphatic carbocycles. The number of rotatable bonds is 7. The third-order valence-corrected chi connectivity index (χ3v) is 2.93. The molecule has 0 bridgehead atoms. The van der Waals surface area contributed by atoms with Gasteiger partial charge in [0.1, 0.15) is 11.5 Å². The second kappa shape index (κ2) is 7.85. The Kier molecular flexibility index (Phi) is 5.84. The molecular formula is C16H16F3NO3. The second-order valence-electron chi connectivity index (χ2n) is 4.65. The molecule has 0 aromatic heterocycles. The average molecular weight is 327 g/mol. The zero-order valence-electron chi connectivity index (χ0n) is 12.4. The molecule has 0 unspecified atom stereocenters. The summed E-state index contributed by atoms with van der Waals surface area (Å²) in [5.74, 6) is 0.517. The van der Waals surface area contributed by atoms with Crippen LogP contribution < -0.4 is 15.0 Å². The van der Waals surface area contributed by atoms with E-state index in [0.29, 0.717) is 13.2 Å². The number of nitrogens with one attached hydrogen (secondary N) is 1. The van der Waals surface area contributed by atoms with Crippen LogP contribution in [0.4, 0.5) is 13.2 Å². The quantitative estimate of drug-likeness (QED) is 0.620. The molecule has 0 fully saturated rings. The summed E-state index contributed by atoms with van der Waals surface area (Å²) < 4.78 is 45.0. The van der Waals surface area contributed by atoms with E-state index < -0.39 is 6.36 Å². The van der Waals surface area contributed by atoms with Gasteiger partial charge in [-0.3, -0.25) is 4.84 Å². The maximum atomic E-state index is 12.0. The molecule has 2 aromatic carbocycles. The highest BCUT2D eigenvalue weighted by Crippen LogP contribution is 2.22. The first-order valence-corrected chi connectivity index (χ1v) is 6.78. The van der Waals surface area contributed by atoms with Crippen molar-refractivity contribution < 1.29 is 27.5 Å². The van der Waals surface area contributed by atoms with Gasteiger partial charge in [0.2, 0.25) is 0 Å². The lowest BCUT2D eigenvalue weighted by atomic mass is 10.2. The maximum Gasteiger partial charge on any atom is 0.573 e. The molecule has 0 aliphatic rings. The topological polar surface area (TPSA) is 39.7 Å². The fourth-order valence-corrected chi connectivity index (χ4v) is 1.80. The van der Waals surface area contributed by atoms with Gasteiger partial charge in [-0.2, -0.15) is 5.48 Å². The number of hydrogen-bond donors (Lipinski definition) is 1. The molecule has 0 spiro atoms. The van der Waals surface area contributed by atoms with Crippen molar-refractivity contribution in [3.05, 3.63) is 59.7 Å². The lowest BCUT2D eigenvalue weighted by Crippen LogP contribution is -2.17. The van der Waals surface area contributed by atoms with Gasteiger partial charge >= 0.3 is 6.36 Å². The third-order valence-electron chi connectivity index (χ3n) is 2.93. The molecule has 2 aromatic rings. The first-order chi connectivity index (χ1) is 11.0. The Balaban J connectivity index is 1.73. The van der Waals surface area contributed by atoms with Gasteiger partial charge in [-0.25, -0.2) is 0 Å². The molecule has 7 heteroatoms. The van der Waals surface area contributed by atoms with Crippen LogP contribution in [-0.4, -0.2) is 13.5 Å². The summed E-state index contributed by atoms with van der Waals surface area (Å²) in [7, 11) is 1.60. The summed E-state index contributed by atoms with van der Waals surface area (Å²) in [4.78, 5) is 5.31. The summed E-state index contributed by atoms with van der Waals surface area (Å²) in [6.07, 6.45) is -4.68. The summed E-state index contributed by atoms with van der Waals surface area (Å²) in [5.41, 5.74) is 4.49. The zero-order chi connectivity index (χ0) is 16.7. The minimum Gasteiger partial charge on any atom is -0.497 e. The summed E-state index contributed by atoms with van der Waals surface area (Å²) in [5, 5.41) is 0. The van der Waals surface area contributed by atoms with Crippen LogP contribution >= 0.6 is 0 Å². The van der Waals surface area contributed by atoms with E-state index in [-0.39, 0.29) is 5.75 Å². The van der Waals surface area contributed by atoms with Gasteiger partial charge < -0.3 is 9.47 Å². The van der Waals surface area contributed by atoms with Crippen LogP contribution in [0.1, 0.15) is 11.1 Å². The Morgan fingerprint density at radius 1 is 0.870 bits per heavy atom. The van der Waals surface area contributed by atoms with Crippen molar-refractivity contribution in [3.8, 4) is 11.5 Å². The second-order valence-corrected chi connectivity index (χ2v) is 4.65. The van der Waals surface area contributed by atoms with Crippen LogP contribution in [0.3, 0.4) is 0 Å². The van der Waals surface area contributed by atoms with Crippen LogP contribution in [0.15, 0.2) is 48.5 Å². The van der Waals surface area contributed by atoms with Crippen LogP contribution in [-0.2, 0) is 18.0 Å².